The molecule has 0 spiro atoms. The number of anilines is 1. The van der Waals surface area contributed by atoms with Gasteiger partial charge in [-0.2, -0.15) is 0 Å². The molecule has 1 heterocycles. The molecule has 1 aromatic carbocycles. The molecule has 1 saturated heterocycles. The standard InChI is InChI=1S/C13H20N2O/c1-15(2)11-5-3-10(4-6-11)12-9-14-8-7-13(12)16/h3-6,12-14,16H,7-9H2,1-2H3. The molecule has 2 N–H and O–H groups in total. The van der Waals surface area contributed by atoms with Crippen molar-refractivity contribution in [3.05, 3.63) is 29.8 Å². The van der Waals surface area contributed by atoms with Crippen LogP contribution >= 0.6 is 0 Å². The van der Waals surface area contributed by atoms with Crippen LogP contribution in [0.3, 0.4) is 0 Å². The summed E-state index contributed by atoms with van der Waals surface area (Å²) in [5.41, 5.74) is 2.42. The lowest BCUT2D eigenvalue weighted by Gasteiger charge is -2.29. The third-order valence-electron chi connectivity index (χ3n) is 3.28. The van der Waals surface area contributed by atoms with Crippen LogP contribution in [0.15, 0.2) is 24.3 Å². The molecule has 2 rings (SSSR count). The highest BCUT2D eigenvalue weighted by atomic mass is 16.3. The second-order valence-corrected chi connectivity index (χ2v) is 4.65. The Bertz CT molecular complexity index is 334. The second-order valence-electron chi connectivity index (χ2n) is 4.65. The van der Waals surface area contributed by atoms with E-state index in [1.165, 1.54) is 11.3 Å². The summed E-state index contributed by atoms with van der Waals surface area (Å²) >= 11 is 0. The molecule has 1 aliphatic heterocycles. The highest BCUT2D eigenvalue weighted by Gasteiger charge is 2.24. The highest BCUT2D eigenvalue weighted by molar-refractivity contribution is 5.46. The quantitative estimate of drug-likeness (QED) is 0.786. The zero-order valence-corrected chi connectivity index (χ0v) is 9.98. The summed E-state index contributed by atoms with van der Waals surface area (Å²) in [6.07, 6.45) is 0.645. The molecule has 0 radical (unpaired) electrons. The molecule has 2 unspecified atom stereocenters. The first-order valence-electron chi connectivity index (χ1n) is 5.84. The Kier molecular flexibility index (Phi) is 3.46. The van der Waals surface area contributed by atoms with Crippen molar-refractivity contribution in [2.45, 2.75) is 18.4 Å². The molecule has 1 fully saturated rings. The second kappa shape index (κ2) is 4.85. The predicted molar refractivity (Wildman–Crippen MR) is 67.0 cm³/mol. The van der Waals surface area contributed by atoms with Crippen molar-refractivity contribution in [2.75, 3.05) is 32.1 Å². The van der Waals surface area contributed by atoms with Gasteiger partial charge < -0.3 is 15.3 Å². The molecule has 0 amide bonds. The van der Waals surface area contributed by atoms with Crippen LogP contribution in [-0.4, -0.2) is 38.4 Å². The van der Waals surface area contributed by atoms with Gasteiger partial charge in [-0.25, -0.2) is 0 Å². The van der Waals surface area contributed by atoms with Gasteiger partial charge in [0.2, 0.25) is 0 Å². The Labute approximate surface area is 97.1 Å². The SMILES string of the molecule is CN(C)c1ccc(C2CNCCC2O)cc1. The minimum atomic E-state index is -0.202. The first-order chi connectivity index (χ1) is 7.68. The number of aliphatic hydroxyl groups excluding tert-OH is 1. The summed E-state index contributed by atoms with van der Waals surface area (Å²) in [7, 11) is 4.07. The molecule has 0 aromatic heterocycles. The molecule has 88 valence electrons. The Morgan fingerprint density at radius 2 is 1.94 bits per heavy atom. The van der Waals surface area contributed by atoms with E-state index in [0.717, 1.165) is 19.5 Å². The van der Waals surface area contributed by atoms with E-state index in [2.05, 4.69) is 34.5 Å². The number of rotatable bonds is 2. The fourth-order valence-corrected chi connectivity index (χ4v) is 2.20. The van der Waals surface area contributed by atoms with Crippen molar-refractivity contribution >= 4 is 5.69 Å². The lowest BCUT2D eigenvalue weighted by molar-refractivity contribution is 0.114. The van der Waals surface area contributed by atoms with E-state index >= 15 is 0 Å². The van der Waals surface area contributed by atoms with Crippen molar-refractivity contribution in [2.24, 2.45) is 0 Å². The van der Waals surface area contributed by atoms with Crippen molar-refractivity contribution in [1.82, 2.24) is 5.32 Å². The van der Waals surface area contributed by atoms with Gasteiger partial charge in [0.05, 0.1) is 6.10 Å². The Morgan fingerprint density at radius 1 is 1.25 bits per heavy atom. The summed E-state index contributed by atoms with van der Waals surface area (Å²) in [6.45, 7) is 1.80. The normalized spacial score (nSPS) is 25.4. The zero-order valence-electron chi connectivity index (χ0n) is 9.98. The monoisotopic (exact) mass is 220 g/mol. The smallest absolute Gasteiger partial charge is 0.0633 e. The van der Waals surface area contributed by atoms with Gasteiger partial charge in [-0.05, 0) is 30.7 Å². The van der Waals surface area contributed by atoms with Crippen LogP contribution in [0, 0.1) is 0 Å². The van der Waals surface area contributed by atoms with E-state index in [0.29, 0.717) is 0 Å². The number of nitrogens with one attached hydrogen (secondary N) is 1. The summed E-state index contributed by atoms with van der Waals surface area (Å²) in [5.74, 6) is 0.241. The lowest BCUT2D eigenvalue weighted by atomic mass is 9.89. The van der Waals surface area contributed by atoms with Gasteiger partial charge in [-0.15, -0.1) is 0 Å². The number of nitrogens with zero attached hydrogens (tertiary/aromatic N) is 1. The maximum Gasteiger partial charge on any atom is 0.0633 e. The van der Waals surface area contributed by atoms with Gasteiger partial charge in [-0.3, -0.25) is 0 Å². The van der Waals surface area contributed by atoms with Crippen LogP contribution in [0.4, 0.5) is 5.69 Å². The zero-order chi connectivity index (χ0) is 11.5. The number of piperidine rings is 1. The molecule has 0 bridgehead atoms. The Balaban J connectivity index is 2.14. The summed E-state index contributed by atoms with van der Waals surface area (Å²) in [6, 6.07) is 8.46. The van der Waals surface area contributed by atoms with Crippen LogP contribution in [0.2, 0.25) is 0 Å². The fourth-order valence-electron chi connectivity index (χ4n) is 2.20. The van der Waals surface area contributed by atoms with Crippen molar-refractivity contribution in [3.63, 3.8) is 0 Å². The van der Waals surface area contributed by atoms with E-state index < -0.39 is 0 Å². The maximum atomic E-state index is 9.95. The van der Waals surface area contributed by atoms with Crippen molar-refractivity contribution in [1.29, 1.82) is 0 Å². The highest BCUT2D eigenvalue weighted by Crippen LogP contribution is 2.25. The van der Waals surface area contributed by atoms with Crippen molar-refractivity contribution < 1.29 is 5.11 Å². The van der Waals surface area contributed by atoms with Crippen LogP contribution in [0.5, 0.6) is 0 Å². The minimum Gasteiger partial charge on any atom is -0.392 e. The largest absolute Gasteiger partial charge is 0.392 e. The number of hydrogen-bond donors (Lipinski definition) is 2. The van der Waals surface area contributed by atoms with Gasteiger partial charge in [0, 0.05) is 32.2 Å². The van der Waals surface area contributed by atoms with Gasteiger partial charge in [-0.1, -0.05) is 12.1 Å². The lowest BCUT2D eigenvalue weighted by Crippen LogP contribution is -2.38. The molecule has 16 heavy (non-hydrogen) atoms. The third-order valence-corrected chi connectivity index (χ3v) is 3.28. The molecule has 3 nitrogen and oxygen atoms in total. The van der Waals surface area contributed by atoms with Gasteiger partial charge >= 0.3 is 0 Å². The molecular formula is C13H20N2O. The van der Waals surface area contributed by atoms with E-state index in [1.807, 2.05) is 14.1 Å². The molecule has 1 aliphatic rings. The van der Waals surface area contributed by atoms with Crippen LogP contribution < -0.4 is 10.2 Å². The average Bonchev–Trinajstić information content (AvgIpc) is 2.30. The Hall–Kier alpha value is -1.06. The summed E-state index contributed by atoms with van der Waals surface area (Å²) in [5, 5.41) is 13.3. The number of benzene rings is 1. The van der Waals surface area contributed by atoms with Gasteiger partial charge in [0.25, 0.3) is 0 Å². The summed E-state index contributed by atoms with van der Waals surface area (Å²) < 4.78 is 0. The molecule has 2 atom stereocenters. The first kappa shape index (κ1) is 11.4. The maximum absolute atomic E-state index is 9.95. The molecule has 0 aliphatic carbocycles. The van der Waals surface area contributed by atoms with Crippen molar-refractivity contribution in [3.8, 4) is 0 Å². The molecule has 0 saturated carbocycles. The van der Waals surface area contributed by atoms with E-state index in [4.69, 9.17) is 0 Å². The van der Waals surface area contributed by atoms with Gasteiger partial charge in [0.1, 0.15) is 0 Å². The van der Waals surface area contributed by atoms with E-state index in [1.54, 1.807) is 0 Å². The third kappa shape index (κ3) is 2.36. The van der Waals surface area contributed by atoms with Crippen LogP contribution in [0.1, 0.15) is 17.9 Å². The fraction of sp³-hybridized carbons (Fsp3) is 0.538. The molecule has 1 aromatic rings. The van der Waals surface area contributed by atoms with E-state index in [9.17, 15) is 5.11 Å². The average molecular weight is 220 g/mol. The predicted octanol–water partition coefficient (Wildman–Crippen LogP) is 1.19. The van der Waals surface area contributed by atoms with Crippen LogP contribution in [-0.2, 0) is 0 Å². The van der Waals surface area contributed by atoms with E-state index in [-0.39, 0.29) is 12.0 Å². The molecule has 3 heteroatoms. The number of aliphatic hydroxyl groups is 1. The minimum absolute atomic E-state index is 0.202. The topological polar surface area (TPSA) is 35.5 Å². The molecular weight excluding hydrogens is 200 g/mol. The van der Waals surface area contributed by atoms with Crippen LogP contribution in [0.25, 0.3) is 0 Å². The first-order valence-corrected chi connectivity index (χ1v) is 5.84. The van der Waals surface area contributed by atoms with Gasteiger partial charge in [0.15, 0.2) is 0 Å². The Morgan fingerprint density at radius 3 is 2.50 bits per heavy atom. The summed E-state index contributed by atoms with van der Waals surface area (Å²) in [4.78, 5) is 2.08. The number of hydrogen-bond acceptors (Lipinski definition) is 3.